The van der Waals surface area contributed by atoms with E-state index in [-0.39, 0.29) is 11.5 Å². The van der Waals surface area contributed by atoms with E-state index < -0.39 is 0 Å². The van der Waals surface area contributed by atoms with Crippen molar-refractivity contribution in [1.29, 1.82) is 0 Å². The molecule has 0 fully saturated rings. The lowest BCUT2D eigenvalue weighted by Gasteiger charge is -2.06. The van der Waals surface area contributed by atoms with Gasteiger partial charge < -0.3 is 10.2 Å². The van der Waals surface area contributed by atoms with Crippen molar-refractivity contribution in [2.75, 3.05) is 0 Å². The molecule has 0 saturated carbocycles. The number of rotatable bonds is 5. The van der Waals surface area contributed by atoms with Crippen LogP contribution in [0, 0.1) is 0 Å². The fourth-order valence-electron chi connectivity index (χ4n) is 2.97. The Morgan fingerprint density at radius 3 is 2.15 bits per heavy atom. The molecule has 0 aliphatic heterocycles. The number of phenols is 2. The summed E-state index contributed by atoms with van der Waals surface area (Å²) in [4.78, 5) is 4.75. The second-order valence-electron chi connectivity index (χ2n) is 6.29. The van der Waals surface area contributed by atoms with Gasteiger partial charge in [0.2, 0.25) is 0 Å². The van der Waals surface area contributed by atoms with E-state index in [4.69, 9.17) is 10.1 Å². The normalized spacial score (nSPS) is 10.8. The summed E-state index contributed by atoms with van der Waals surface area (Å²) in [6.07, 6.45) is 1.33. The van der Waals surface area contributed by atoms with Gasteiger partial charge in [-0.05, 0) is 36.2 Å². The van der Waals surface area contributed by atoms with Crippen LogP contribution < -0.4 is 0 Å². The predicted octanol–water partition coefficient (Wildman–Crippen LogP) is 4.13. The number of nitrogens with zero attached hydrogens (tertiary/aromatic N) is 3. The lowest BCUT2D eigenvalue weighted by Crippen LogP contribution is -2.04. The van der Waals surface area contributed by atoms with Gasteiger partial charge in [0.1, 0.15) is 5.82 Å². The van der Waals surface area contributed by atoms with Gasteiger partial charge in [-0.2, -0.15) is 0 Å². The summed E-state index contributed by atoms with van der Waals surface area (Å²) in [5, 5.41) is 23.9. The van der Waals surface area contributed by atoms with Crippen molar-refractivity contribution in [2.24, 2.45) is 0 Å². The summed E-state index contributed by atoms with van der Waals surface area (Å²) in [5.74, 6) is 1.30. The number of hydrogen-bond acceptors (Lipinski definition) is 4. The molecule has 0 radical (unpaired) electrons. The molecule has 1 heterocycles. The topological polar surface area (TPSA) is 71.2 Å². The van der Waals surface area contributed by atoms with Gasteiger partial charge in [-0.3, -0.25) is 0 Å². The van der Waals surface area contributed by atoms with Crippen LogP contribution >= 0.6 is 0 Å². The third-order valence-electron chi connectivity index (χ3n) is 4.38. The Balaban J connectivity index is 1.67. The van der Waals surface area contributed by atoms with E-state index in [1.54, 1.807) is 12.1 Å². The number of aromatic hydroxyl groups is 2. The molecule has 3 aromatic carbocycles. The van der Waals surface area contributed by atoms with Crippen LogP contribution in [0.1, 0.15) is 11.4 Å². The maximum Gasteiger partial charge on any atom is 0.181 e. The molecule has 134 valence electrons. The molecular formula is C22H19N3O2. The molecule has 0 amide bonds. The smallest absolute Gasteiger partial charge is 0.181 e. The highest BCUT2D eigenvalue weighted by atomic mass is 16.3. The molecular weight excluding hydrogens is 338 g/mol. The van der Waals surface area contributed by atoms with Crippen molar-refractivity contribution in [3.8, 4) is 28.6 Å². The first-order valence-corrected chi connectivity index (χ1v) is 8.78. The van der Waals surface area contributed by atoms with Crippen LogP contribution in [0.5, 0.6) is 11.5 Å². The molecule has 0 bridgehead atoms. The van der Waals surface area contributed by atoms with E-state index in [0.29, 0.717) is 18.7 Å². The molecule has 0 atom stereocenters. The quantitative estimate of drug-likeness (QED) is 0.527. The van der Waals surface area contributed by atoms with Gasteiger partial charge in [-0.1, -0.05) is 54.6 Å². The maximum atomic E-state index is 9.70. The highest BCUT2D eigenvalue weighted by Crippen LogP contribution is 2.26. The minimum Gasteiger partial charge on any atom is -0.504 e. The zero-order valence-corrected chi connectivity index (χ0v) is 14.7. The Kier molecular flexibility index (Phi) is 4.58. The Bertz CT molecular complexity index is 1040. The molecule has 1 aromatic heterocycles. The van der Waals surface area contributed by atoms with Gasteiger partial charge in [0.05, 0.1) is 5.69 Å². The predicted molar refractivity (Wildman–Crippen MR) is 104 cm³/mol. The van der Waals surface area contributed by atoms with Crippen LogP contribution in [-0.4, -0.2) is 25.0 Å². The number of hydrogen-bond donors (Lipinski definition) is 2. The van der Waals surface area contributed by atoms with Gasteiger partial charge in [-0.15, -0.1) is 5.10 Å². The highest BCUT2D eigenvalue weighted by molar-refractivity contribution is 5.54. The first kappa shape index (κ1) is 16.8. The van der Waals surface area contributed by atoms with Gasteiger partial charge in [0, 0.05) is 12.0 Å². The van der Waals surface area contributed by atoms with Crippen LogP contribution in [0.15, 0.2) is 78.9 Å². The van der Waals surface area contributed by atoms with Crippen LogP contribution in [0.3, 0.4) is 0 Å². The summed E-state index contributed by atoms with van der Waals surface area (Å²) in [6.45, 7) is 0. The van der Waals surface area contributed by atoms with Crippen molar-refractivity contribution >= 4 is 0 Å². The monoisotopic (exact) mass is 357 g/mol. The Morgan fingerprint density at radius 2 is 1.44 bits per heavy atom. The summed E-state index contributed by atoms with van der Waals surface area (Å²) in [5.41, 5.74) is 2.85. The zero-order chi connectivity index (χ0) is 18.6. The fraction of sp³-hybridized carbons (Fsp3) is 0.0909. The minimum absolute atomic E-state index is 0.109. The van der Waals surface area contributed by atoms with Crippen molar-refractivity contribution in [3.05, 3.63) is 90.3 Å². The lowest BCUT2D eigenvalue weighted by molar-refractivity contribution is 0.403. The van der Waals surface area contributed by atoms with E-state index in [0.717, 1.165) is 22.6 Å². The number of para-hydroxylation sites is 1. The third kappa shape index (κ3) is 3.67. The number of aromatic nitrogens is 3. The molecule has 0 saturated heterocycles. The molecule has 27 heavy (non-hydrogen) atoms. The minimum atomic E-state index is -0.113. The number of phenolic OH excluding ortho intramolecular Hbond substituents is 2. The summed E-state index contributed by atoms with van der Waals surface area (Å²) in [7, 11) is 0. The maximum absolute atomic E-state index is 9.70. The third-order valence-corrected chi connectivity index (χ3v) is 4.38. The molecule has 5 heteroatoms. The van der Waals surface area contributed by atoms with Gasteiger partial charge >= 0.3 is 0 Å². The van der Waals surface area contributed by atoms with Crippen LogP contribution in [0.25, 0.3) is 17.1 Å². The average molecular weight is 357 g/mol. The Labute approximate surface area is 157 Å². The van der Waals surface area contributed by atoms with Crippen molar-refractivity contribution in [2.45, 2.75) is 12.8 Å². The first-order valence-electron chi connectivity index (χ1n) is 8.78. The summed E-state index contributed by atoms with van der Waals surface area (Å²) >= 11 is 0. The Hall–Kier alpha value is -3.60. The molecule has 0 unspecified atom stereocenters. The number of aryl methyl sites for hydroxylation is 2. The lowest BCUT2D eigenvalue weighted by atomic mass is 10.1. The zero-order valence-electron chi connectivity index (χ0n) is 14.7. The largest absolute Gasteiger partial charge is 0.504 e. The summed E-state index contributed by atoms with van der Waals surface area (Å²) in [6, 6.07) is 24.7. The van der Waals surface area contributed by atoms with E-state index in [1.165, 1.54) is 6.07 Å². The van der Waals surface area contributed by atoms with E-state index in [9.17, 15) is 10.2 Å². The van der Waals surface area contributed by atoms with Crippen LogP contribution in [0.2, 0.25) is 0 Å². The Morgan fingerprint density at radius 1 is 0.741 bits per heavy atom. The van der Waals surface area contributed by atoms with Gasteiger partial charge in [0.15, 0.2) is 17.3 Å². The molecule has 2 N–H and O–H groups in total. The first-order chi connectivity index (χ1) is 13.2. The molecule has 0 spiro atoms. The van der Waals surface area contributed by atoms with Gasteiger partial charge in [0.25, 0.3) is 0 Å². The second kappa shape index (κ2) is 7.33. The second-order valence-corrected chi connectivity index (χ2v) is 6.29. The molecule has 0 aliphatic carbocycles. The molecule has 0 aliphatic rings. The summed E-state index contributed by atoms with van der Waals surface area (Å²) < 4.78 is 1.86. The van der Waals surface area contributed by atoms with Crippen LogP contribution in [-0.2, 0) is 12.8 Å². The molecule has 5 nitrogen and oxygen atoms in total. The highest BCUT2D eigenvalue weighted by Gasteiger charge is 2.13. The van der Waals surface area contributed by atoms with Crippen LogP contribution in [0.4, 0.5) is 0 Å². The van der Waals surface area contributed by atoms with Crippen molar-refractivity contribution < 1.29 is 10.2 Å². The number of benzene rings is 3. The van der Waals surface area contributed by atoms with E-state index in [2.05, 4.69) is 0 Å². The molecule has 4 rings (SSSR count). The van der Waals surface area contributed by atoms with Crippen molar-refractivity contribution in [1.82, 2.24) is 14.8 Å². The SMILES string of the molecule is Oc1ccc(CCc2nc(-c3ccccc3)nn2-c2ccccc2)cc1O. The van der Waals surface area contributed by atoms with E-state index in [1.807, 2.05) is 65.3 Å². The van der Waals surface area contributed by atoms with Gasteiger partial charge in [-0.25, -0.2) is 9.67 Å². The average Bonchev–Trinajstić information content (AvgIpc) is 3.14. The fourth-order valence-corrected chi connectivity index (χ4v) is 2.97. The van der Waals surface area contributed by atoms with E-state index >= 15 is 0 Å². The standard InChI is InChI=1S/C22H19N3O2/c26-19-13-11-16(15-20(19)27)12-14-21-23-22(17-7-3-1-4-8-17)24-25(21)18-9-5-2-6-10-18/h1-11,13,15,26-27H,12,14H2. The van der Waals surface area contributed by atoms with Crippen molar-refractivity contribution in [3.63, 3.8) is 0 Å². The molecule has 4 aromatic rings.